The fourth-order valence-corrected chi connectivity index (χ4v) is 2.25. The Kier molecular flexibility index (Phi) is 4.54. The monoisotopic (exact) mass is 214 g/mol. The van der Waals surface area contributed by atoms with Crippen molar-refractivity contribution in [2.45, 2.75) is 19.4 Å². The molecule has 0 saturated carbocycles. The van der Waals surface area contributed by atoms with Gasteiger partial charge in [-0.1, -0.05) is 0 Å². The molecule has 4 heteroatoms. The number of hydrogen-bond acceptors (Lipinski definition) is 4. The summed E-state index contributed by atoms with van der Waals surface area (Å²) in [7, 11) is 5.58. The number of nitrogens with zero attached hydrogens (tertiary/aromatic N) is 1. The van der Waals surface area contributed by atoms with Crippen LogP contribution in [0.25, 0.3) is 0 Å². The first-order valence-electron chi connectivity index (χ1n) is 5.50. The van der Waals surface area contributed by atoms with E-state index in [4.69, 9.17) is 4.74 Å². The fourth-order valence-electron chi connectivity index (χ4n) is 2.25. The van der Waals surface area contributed by atoms with Gasteiger partial charge in [0.2, 0.25) is 0 Å². The minimum Gasteiger partial charge on any atom is -0.469 e. The van der Waals surface area contributed by atoms with Gasteiger partial charge in [0.15, 0.2) is 0 Å². The van der Waals surface area contributed by atoms with Gasteiger partial charge in [-0.3, -0.25) is 4.79 Å². The van der Waals surface area contributed by atoms with Gasteiger partial charge in [0.1, 0.15) is 0 Å². The first kappa shape index (κ1) is 12.5. The number of methoxy groups -OCH3 is 1. The van der Waals surface area contributed by atoms with E-state index in [-0.39, 0.29) is 17.9 Å². The van der Waals surface area contributed by atoms with Gasteiger partial charge in [-0.2, -0.15) is 0 Å². The van der Waals surface area contributed by atoms with Crippen molar-refractivity contribution < 1.29 is 9.53 Å². The normalized spacial score (nSPS) is 31.7. The highest BCUT2D eigenvalue weighted by molar-refractivity contribution is 5.73. The Morgan fingerprint density at radius 1 is 1.53 bits per heavy atom. The molecule has 1 saturated heterocycles. The Balaban J connectivity index is 2.52. The van der Waals surface area contributed by atoms with Crippen LogP contribution in [0.3, 0.4) is 0 Å². The fraction of sp³-hybridized carbons (Fsp3) is 0.909. The van der Waals surface area contributed by atoms with Gasteiger partial charge in [0.05, 0.1) is 13.0 Å². The lowest BCUT2D eigenvalue weighted by molar-refractivity contribution is -0.147. The van der Waals surface area contributed by atoms with E-state index in [1.807, 2.05) is 6.92 Å². The maximum Gasteiger partial charge on any atom is 0.310 e. The second-order valence-electron chi connectivity index (χ2n) is 4.69. The minimum absolute atomic E-state index is 0.00806. The summed E-state index contributed by atoms with van der Waals surface area (Å²) in [5, 5.41) is 3.38. The van der Waals surface area contributed by atoms with Crippen LogP contribution in [0.15, 0.2) is 0 Å². The number of ether oxygens (including phenoxy) is 1. The third-order valence-corrected chi connectivity index (χ3v) is 3.05. The molecule has 0 amide bonds. The summed E-state index contributed by atoms with van der Waals surface area (Å²) in [6.07, 6.45) is 0.930. The zero-order chi connectivity index (χ0) is 11.4. The van der Waals surface area contributed by atoms with Crippen molar-refractivity contribution in [1.29, 1.82) is 0 Å². The molecular formula is C11H22N2O2. The number of rotatable bonds is 3. The number of piperidine rings is 1. The molecule has 3 atom stereocenters. The van der Waals surface area contributed by atoms with Gasteiger partial charge in [-0.25, -0.2) is 0 Å². The summed E-state index contributed by atoms with van der Waals surface area (Å²) in [5.41, 5.74) is 0. The average Bonchev–Trinajstić information content (AvgIpc) is 2.19. The van der Waals surface area contributed by atoms with E-state index in [0.717, 1.165) is 19.5 Å². The van der Waals surface area contributed by atoms with Gasteiger partial charge < -0.3 is 15.0 Å². The third-order valence-electron chi connectivity index (χ3n) is 3.05. The Labute approximate surface area is 92.0 Å². The van der Waals surface area contributed by atoms with Crippen LogP contribution in [0.5, 0.6) is 0 Å². The standard InChI is InChI=1S/C11H22N2O2/c1-8-10(11(14)15-4)5-9(6-12-8)7-13(2)3/h8-10,12H,5-7H2,1-4H3. The van der Waals surface area contributed by atoms with Crippen molar-refractivity contribution in [2.24, 2.45) is 11.8 Å². The van der Waals surface area contributed by atoms with Crippen molar-refractivity contribution in [3.63, 3.8) is 0 Å². The van der Waals surface area contributed by atoms with Crippen molar-refractivity contribution >= 4 is 5.97 Å². The summed E-state index contributed by atoms with van der Waals surface area (Å²) in [6.45, 7) is 4.06. The summed E-state index contributed by atoms with van der Waals surface area (Å²) < 4.78 is 4.82. The molecule has 0 radical (unpaired) electrons. The van der Waals surface area contributed by atoms with Crippen LogP contribution in [-0.2, 0) is 9.53 Å². The van der Waals surface area contributed by atoms with Crippen LogP contribution >= 0.6 is 0 Å². The average molecular weight is 214 g/mol. The molecule has 1 fully saturated rings. The lowest BCUT2D eigenvalue weighted by atomic mass is 9.85. The van der Waals surface area contributed by atoms with E-state index in [2.05, 4.69) is 24.3 Å². The number of nitrogens with one attached hydrogen (secondary N) is 1. The first-order chi connectivity index (χ1) is 7.04. The van der Waals surface area contributed by atoms with Crippen molar-refractivity contribution in [2.75, 3.05) is 34.3 Å². The number of carbonyl (C=O) groups is 1. The van der Waals surface area contributed by atoms with Crippen molar-refractivity contribution in [1.82, 2.24) is 10.2 Å². The predicted octanol–water partition coefficient (Wildman–Crippen LogP) is 0.335. The molecule has 4 nitrogen and oxygen atoms in total. The quantitative estimate of drug-likeness (QED) is 0.688. The number of hydrogen-bond donors (Lipinski definition) is 1. The third kappa shape index (κ3) is 3.47. The van der Waals surface area contributed by atoms with E-state index < -0.39 is 0 Å². The second-order valence-corrected chi connectivity index (χ2v) is 4.69. The maximum atomic E-state index is 11.5. The molecule has 88 valence electrons. The molecule has 1 aliphatic heterocycles. The molecule has 1 aliphatic rings. The predicted molar refractivity (Wildman–Crippen MR) is 59.6 cm³/mol. The van der Waals surface area contributed by atoms with E-state index >= 15 is 0 Å². The Hall–Kier alpha value is -0.610. The van der Waals surface area contributed by atoms with Crippen LogP contribution in [0.4, 0.5) is 0 Å². The highest BCUT2D eigenvalue weighted by Gasteiger charge is 2.33. The van der Waals surface area contributed by atoms with Gasteiger partial charge in [0, 0.05) is 12.6 Å². The van der Waals surface area contributed by atoms with Crippen LogP contribution in [0.2, 0.25) is 0 Å². The van der Waals surface area contributed by atoms with Crippen LogP contribution < -0.4 is 5.32 Å². The smallest absolute Gasteiger partial charge is 0.310 e. The molecular weight excluding hydrogens is 192 g/mol. The summed E-state index contributed by atoms with van der Waals surface area (Å²) in [6, 6.07) is 0.232. The summed E-state index contributed by atoms with van der Waals surface area (Å²) in [4.78, 5) is 13.7. The zero-order valence-electron chi connectivity index (χ0n) is 10.1. The number of esters is 1. The SMILES string of the molecule is COC(=O)C1CC(CN(C)C)CNC1C. The molecule has 0 spiro atoms. The summed E-state index contributed by atoms with van der Waals surface area (Å²) >= 11 is 0. The van der Waals surface area contributed by atoms with Gasteiger partial charge in [0.25, 0.3) is 0 Å². The molecule has 0 aliphatic carbocycles. The molecule has 1 N–H and O–H groups in total. The molecule has 3 unspecified atom stereocenters. The Morgan fingerprint density at radius 3 is 2.73 bits per heavy atom. The topological polar surface area (TPSA) is 41.6 Å². The molecule has 15 heavy (non-hydrogen) atoms. The molecule has 1 rings (SSSR count). The van der Waals surface area contributed by atoms with Crippen molar-refractivity contribution in [3.05, 3.63) is 0 Å². The Bertz CT molecular complexity index is 219. The first-order valence-corrected chi connectivity index (χ1v) is 5.50. The zero-order valence-corrected chi connectivity index (χ0v) is 10.1. The highest BCUT2D eigenvalue weighted by atomic mass is 16.5. The van der Waals surface area contributed by atoms with Crippen LogP contribution in [-0.4, -0.2) is 51.2 Å². The number of carbonyl (C=O) groups excluding carboxylic acids is 1. The van der Waals surface area contributed by atoms with E-state index in [1.54, 1.807) is 0 Å². The molecule has 0 bridgehead atoms. The van der Waals surface area contributed by atoms with Crippen LogP contribution in [0, 0.1) is 11.8 Å². The van der Waals surface area contributed by atoms with Gasteiger partial charge >= 0.3 is 5.97 Å². The summed E-state index contributed by atoms with van der Waals surface area (Å²) in [5.74, 6) is 0.465. The minimum atomic E-state index is -0.0848. The van der Waals surface area contributed by atoms with Gasteiger partial charge in [-0.15, -0.1) is 0 Å². The lowest BCUT2D eigenvalue weighted by Gasteiger charge is -2.34. The molecule has 1 heterocycles. The molecule has 0 aromatic carbocycles. The molecule has 0 aromatic rings. The maximum absolute atomic E-state index is 11.5. The van der Waals surface area contributed by atoms with E-state index in [1.165, 1.54) is 7.11 Å². The highest BCUT2D eigenvalue weighted by Crippen LogP contribution is 2.22. The second kappa shape index (κ2) is 5.47. The van der Waals surface area contributed by atoms with Crippen LogP contribution in [0.1, 0.15) is 13.3 Å². The van der Waals surface area contributed by atoms with E-state index in [0.29, 0.717) is 5.92 Å². The molecule has 0 aromatic heterocycles. The largest absolute Gasteiger partial charge is 0.469 e. The van der Waals surface area contributed by atoms with Gasteiger partial charge in [-0.05, 0) is 39.9 Å². The Morgan fingerprint density at radius 2 is 2.20 bits per heavy atom. The lowest BCUT2D eigenvalue weighted by Crippen LogP contribution is -2.49. The van der Waals surface area contributed by atoms with Crippen molar-refractivity contribution in [3.8, 4) is 0 Å². The van der Waals surface area contributed by atoms with E-state index in [9.17, 15) is 4.79 Å².